The van der Waals surface area contributed by atoms with Crippen LogP contribution in [0.5, 0.6) is 0 Å². The van der Waals surface area contributed by atoms with Gasteiger partial charge >= 0.3 is 0 Å². The first-order valence-electron chi connectivity index (χ1n) is 5.24. The molecule has 17 heavy (non-hydrogen) atoms. The summed E-state index contributed by atoms with van der Waals surface area (Å²) in [4.78, 5) is 0. The third-order valence-corrected chi connectivity index (χ3v) is 5.15. The van der Waals surface area contributed by atoms with Crippen molar-refractivity contribution in [2.24, 2.45) is 0 Å². The van der Waals surface area contributed by atoms with E-state index in [0.717, 1.165) is 5.56 Å². The minimum atomic E-state index is -3.40. The first-order valence-corrected chi connectivity index (χ1v) is 7.60. The van der Waals surface area contributed by atoms with Crippen LogP contribution in [-0.4, -0.2) is 35.2 Å². The van der Waals surface area contributed by atoms with Gasteiger partial charge in [-0.25, -0.2) is 13.1 Å². The smallest absolute Gasteiger partial charge is 0.250 e. The molecule has 0 amide bonds. The van der Waals surface area contributed by atoms with Crippen molar-refractivity contribution in [3.05, 3.63) is 17.0 Å². The normalized spacial score (nSPS) is 13.8. The van der Waals surface area contributed by atoms with Gasteiger partial charge in [-0.15, -0.1) is 11.3 Å². The zero-order chi connectivity index (χ0) is 12.9. The van der Waals surface area contributed by atoms with Gasteiger partial charge in [0.1, 0.15) is 4.21 Å². The number of ether oxygens (including phenoxy) is 1. The highest BCUT2D eigenvalue weighted by Gasteiger charge is 2.17. The molecule has 0 aliphatic heterocycles. The number of rotatable bonds is 7. The van der Waals surface area contributed by atoms with Crippen molar-refractivity contribution < 1.29 is 13.2 Å². The quantitative estimate of drug-likeness (QED) is 0.773. The molecule has 0 spiro atoms. The fourth-order valence-electron chi connectivity index (χ4n) is 1.17. The Bertz CT molecular complexity index is 442. The van der Waals surface area contributed by atoms with E-state index < -0.39 is 10.0 Å². The molecule has 0 fully saturated rings. The number of sulfonamides is 1. The largest absolute Gasteiger partial charge is 0.380 e. The molecule has 0 radical (unpaired) electrons. The first-order chi connectivity index (χ1) is 7.99. The van der Waals surface area contributed by atoms with Crippen LogP contribution in [0.1, 0.15) is 12.5 Å². The lowest BCUT2D eigenvalue weighted by Crippen LogP contribution is -2.31. The van der Waals surface area contributed by atoms with Crippen LogP contribution in [-0.2, 0) is 21.3 Å². The summed E-state index contributed by atoms with van der Waals surface area (Å²) in [5, 5.41) is 4.82. The highest BCUT2D eigenvalue weighted by Crippen LogP contribution is 2.19. The molecule has 0 saturated heterocycles. The van der Waals surface area contributed by atoms with Crippen LogP contribution in [0.25, 0.3) is 0 Å². The van der Waals surface area contributed by atoms with Gasteiger partial charge in [0.05, 0.1) is 6.10 Å². The van der Waals surface area contributed by atoms with Crippen molar-refractivity contribution >= 4 is 21.4 Å². The van der Waals surface area contributed by atoms with Crippen molar-refractivity contribution in [2.45, 2.75) is 23.8 Å². The summed E-state index contributed by atoms with van der Waals surface area (Å²) in [6.45, 7) is 2.75. The van der Waals surface area contributed by atoms with Crippen LogP contribution in [0.15, 0.2) is 15.7 Å². The van der Waals surface area contributed by atoms with E-state index >= 15 is 0 Å². The second kappa shape index (κ2) is 6.46. The minimum Gasteiger partial charge on any atom is -0.380 e. The molecule has 1 aromatic rings. The maximum Gasteiger partial charge on any atom is 0.250 e. The maximum atomic E-state index is 11.9. The van der Waals surface area contributed by atoms with E-state index in [4.69, 9.17) is 4.74 Å². The fourth-order valence-corrected chi connectivity index (χ4v) is 3.54. The van der Waals surface area contributed by atoms with Gasteiger partial charge in [-0.1, -0.05) is 0 Å². The number of nitrogens with one attached hydrogen (secondary N) is 2. The maximum absolute atomic E-state index is 11.9. The van der Waals surface area contributed by atoms with Crippen LogP contribution in [0.4, 0.5) is 0 Å². The zero-order valence-electron chi connectivity index (χ0n) is 10.2. The van der Waals surface area contributed by atoms with E-state index in [1.165, 1.54) is 11.3 Å². The Morgan fingerprint density at radius 2 is 2.24 bits per heavy atom. The highest BCUT2D eigenvalue weighted by atomic mass is 32.2. The molecule has 0 aromatic carbocycles. The van der Waals surface area contributed by atoms with E-state index in [2.05, 4.69) is 10.0 Å². The molecular weight excluding hydrogens is 260 g/mol. The number of hydrogen-bond acceptors (Lipinski definition) is 5. The van der Waals surface area contributed by atoms with E-state index in [1.54, 1.807) is 13.2 Å². The molecule has 1 aromatic heterocycles. The third kappa shape index (κ3) is 4.36. The predicted molar refractivity (Wildman–Crippen MR) is 68.7 cm³/mol. The van der Waals surface area contributed by atoms with Gasteiger partial charge in [-0.2, -0.15) is 0 Å². The van der Waals surface area contributed by atoms with E-state index in [1.807, 2.05) is 19.4 Å². The second-order valence-corrected chi connectivity index (χ2v) is 6.61. The van der Waals surface area contributed by atoms with Gasteiger partial charge in [0, 0.05) is 20.2 Å². The lowest BCUT2D eigenvalue weighted by molar-refractivity contribution is 0.122. The summed E-state index contributed by atoms with van der Waals surface area (Å²) in [5.41, 5.74) is 0.970. The number of thiophene rings is 1. The average molecular weight is 278 g/mol. The van der Waals surface area contributed by atoms with Crippen molar-refractivity contribution in [2.75, 3.05) is 20.7 Å². The standard InChI is InChI=1S/C10H18N2O3S2/c1-8(15-3)5-12-17(13,14)10-4-9(6-11-2)7-16-10/h4,7-8,11-12H,5-6H2,1-3H3. The molecule has 7 heteroatoms. The van der Waals surface area contributed by atoms with Crippen molar-refractivity contribution in [3.8, 4) is 0 Å². The van der Waals surface area contributed by atoms with Crippen LogP contribution in [0.2, 0.25) is 0 Å². The zero-order valence-corrected chi connectivity index (χ0v) is 11.8. The lowest BCUT2D eigenvalue weighted by atomic mass is 10.3. The van der Waals surface area contributed by atoms with Crippen molar-refractivity contribution in [1.29, 1.82) is 0 Å². The molecule has 0 bridgehead atoms. The summed E-state index contributed by atoms with van der Waals surface area (Å²) in [6, 6.07) is 1.68. The molecule has 2 N–H and O–H groups in total. The topological polar surface area (TPSA) is 67.4 Å². The Morgan fingerprint density at radius 3 is 2.82 bits per heavy atom. The summed E-state index contributed by atoms with van der Waals surface area (Å²) in [7, 11) is -0.0277. The number of hydrogen-bond donors (Lipinski definition) is 2. The summed E-state index contributed by atoms with van der Waals surface area (Å²) in [5.74, 6) is 0. The number of methoxy groups -OCH3 is 1. The molecule has 1 unspecified atom stereocenters. The molecule has 0 aliphatic rings. The monoisotopic (exact) mass is 278 g/mol. The van der Waals surface area contributed by atoms with Gasteiger partial charge < -0.3 is 10.1 Å². The van der Waals surface area contributed by atoms with Crippen LogP contribution >= 0.6 is 11.3 Å². The first kappa shape index (κ1) is 14.6. The van der Waals surface area contributed by atoms with Crippen molar-refractivity contribution in [1.82, 2.24) is 10.0 Å². The Hall–Kier alpha value is -0.470. The van der Waals surface area contributed by atoms with Gasteiger partial charge in [0.15, 0.2) is 0 Å². The Balaban J connectivity index is 2.68. The lowest BCUT2D eigenvalue weighted by Gasteiger charge is -2.10. The molecule has 1 heterocycles. The summed E-state index contributed by atoms with van der Waals surface area (Å²) in [6.07, 6.45) is -0.137. The van der Waals surface area contributed by atoms with Crippen LogP contribution < -0.4 is 10.0 Å². The van der Waals surface area contributed by atoms with Gasteiger partial charge in [0.25, 0.3) is 0 Å². The minimum absolute atomic E-state index is 0.137. The Morgan fingerprint density at radius 1 is 1.53 bits per heavy atom. The van der Waals surface area contributed by atoms with Gasteiger partial charge in [-0.3, -0.25) is 0 Å². The molecular formula is C10H18N2O3S2. The average Bonchev–Trinajstić information content (AvgIpc) is 2.76. The van der Waals surface area contributed by atoms with E-state index in [9.17, 15) is 8.42 Å². The SMILES string of the molecule is CNCc1csc(S(=O)(=O)NCC(C)OC)c1. The summed E-state index contributed by atoms with van der Waals surface area (Å²) < 4.78 is 31.6. The van der Waals surface area contributed by atoms with Crippen LogP contribution in [0.3, 0.4) is 0 Å². The molecule has 98 valence electrons. The van der Waals surface area contributed by atoms with Gasteiger partial charge in [-0.05, 0) is 31.0 Å². The second-order valence-electron chi connectivity index (χ2n) is 3.70. The molecule has 1 rings (SSSR count). The molecule has 1 atom stereocenters. The molecule has 0 saturated carbocycles. The highest BCUT2D eigenvalue weighted by molar-refractivity contribution is 7.91. The molecule has 0 aliphatic carbocycles. The van der Waals surface area contributed by atoms with Gasteiger partial charge in [0.2, 0.25) is 10.0 Å². The third-order valence-electron chi connectivity index (χ3n) is 2.24. The van der Waals surface area contributed by atoms with E-state index in [-0.39, 0.29) is 12.6 Å². The van der Waals surface area contributed by atoms with E-state index in [0.29, 0.717) is 10.8 Å². The molecule has 5 nitrogen and oxygen atoms in total. The predicted octanol–water partition coefficient (Wildman–Crippen LogP) is 0.781. The fraction of sp³-hybridized carbons (Fsp3) is 0.600. The summed E-state index contributed by atoms with van der Waals surface area (Å²) >= 11 is 1.22. The van der Waals surface area contributed by atoms with Crippen LogP contribution in [0, 0.1) is 0 Å². The van der Waals surface area contributed by atoms with Crippen molar-refractivity contribution in [3.63, 3.8) is 0 Å². The Labute approximate surface area is 106 Å². The Kier molecular flexibility index (Phi) is 5.54.